The van der Waals surface area contributed by atoms with Crippen molar-refractivity contribution >= 4 is 5.78 Å². The number of hydrogen-bond donors (Lipinski definition) is 1. The second kappa shape index (κ2) is 5.24. The summed E-state index contributed by atoms with van der Waals surface area (Å²) in [4.78, 5) is 26.8. The lowest BCUT2D eigenvalue weighted by Gasteiger charge is -2.05. The first kappa shape index (κ1) is 13.1. The van der Waals surface area contributed by atoms with E-state index in [0.29, 0.717) is 11.5 Å². The summed E-state index contributed by atoms with van der Waals surface area (Å²) < 4.78 is 5.96. The zero-order valence-electron chi connectivity index (χ0n) is 11.4. The SMILES string of the molecule is Cc1ccccc1-c1noc(=O)n1CC(=O)c1ccc[nH]1. The molecule has 3 aromatic rings. The van der Waals surface area contributed by atoms with Crippen molar-refractivity contribution in [1.29, 1.82) is 0 Å². The Labute approximate surface area is 120 Å². The fourth-order valence-corrected chi connectivity index (χ4v) is 2.16. The fraction of sp³-hybridized carbons (Fsp3) is 0.133. The summed E-state index contributed by atoms with van der Waals surface area (Å²) in [5, 5.41) is 3.79. The van der Waals surface area contributed by atoms with Crippen LogP contribution in [0.2, 0.25) is 0 Å². The first-order valence-electron chi connectivity index (χ1n) is 6.46. The van der Waals surface area contributed by atoms with Gasteiger partial charge >= 0.3 is 5.76 Å². The lowest BCUT2D eigenvalue weighted by Crippen LogP contribution is -2.21. The number of aromatic nitrogens is 3. The number of carbonyl (C=O) groups excluding carboxylic acids is 1. The van der Waals surface area contributed by atoms with Crippen molar-refractivity contribution in [2.75, 3.05) is 0 Å². The van der Waals surface area contributed by atoms with E-state index in [2.05, 4.69) is 10.1 Å². The minimum atomic E-state index is -0.645. The third kappa shape index (κ3) is 2.43. The molecule has 1 aromatic carbocycles. The zero-order valence-corrected chi connectivity index (χ0v) is 11.4. The van der Waals surface area contributed by atoms with Gasteiger partial charge in [0.1, 0.15) is 0 Å². The van der Waals surface area contributed by atoms with Gasteiger partial charge in [0.2, 0.25) is 0 Å². The fourth-order valence-electron chi connectivity index (χ4n) is 2.16. The summed E-state index contributed by atoms with van der Waals surface area (Å²) in [5.41, 5.74) is 2.16. The van der Waals surface area contributed by atoms with Crippen LogP contribution in [0.25, 0.3) is 11.4 Å². The van der Waals surface area contributed by atoms with E-state index in [1.807, 2.05) is 31.2 Å². The van der Waals surface area contributed by atoms with Gasteiger partial charge in [-0.2, -0.15) is 0 Å². The monoisotopic (exact) mass is 283 g/mol. The van der Waals surface area contributed by atoms with Crippen molar-refractivity contribution in [3.05, 3.63) is 64.4 Å². The third-order valence-electron chi connectivity index (χ3n) is 3.27. The maximum absolute atomic E-state index is 12.1. The molecule has 0 radical (unpaired) electrons. The number of nitrogens with zero attached hydrogens (tertiary/aromatic N) is 2. The van der Waals surface area contributed by atoms with Crippen molar-refractivity contribution in [1.82, 2.24) is 14.7 Å². The lowest BCUT2D eigenvalue weighted by molar-refractivity contribution is 0.0965. The number of ketones is 1. The molecule has 0 saturated heterocycles. The quantitative estimate of drug-likeness (QED) is 0.743. The summed E-state index contributed by atoms with van der Waals surface area (Å²) in [6, 6.07) is 10.9. The van der Waals surface area contributed by atoms with E-state index >= 15 is 0 Å². The van der Waals surface area contributed by atoms with Crippen molar-refractivity contribution in [3.63, 3.8) is 0 Å². The van der Waals surface area contributed by atoms with Gasteiger partial charge in [-0.05, 0) is 24.6 Å². The molecular weight excluding hydrogens is 270 g/mol. The molecule has 2 heterocycles. The average Bonchev–Trinajstić information content (AvgIpc) is 3.11. The Balaban J connectivity index is 2.01. The van der Waals surface area contributed by atoms with E-state index in [9.17, 15) is 9.59 Å². The van der Waals surface area contributed by atoms with Crippen molar-refractivity contribution in [3.8, 4) is 11.4 Å². The maximum Gasteiger partial charge on any atom is 0.442 e. The Morgan fingerprint density at radius 2 is 2.10 bits per heavy atom. The second-order valence-corrected chi connectivity index (χ2v) is 4.68. The molecule has 0 atom stereocenters. The molecule has 0 aliphatic carbocycles. The van der Waals surface area contributed by atoms with Gasteiger partial charge in [-0.1, -0.05) is 29.4 Å². The molecule has 6 heteroatoms. The first-order valence-corrected chi connectivity index (χ1v) is 6.46. The highest BCUT2D eigenvalue weighted by atomic mass is 16.5. The zero-order chi connectivity index (χ0) is 14.8. The van der Waals surface area contributed by atoms with Gasteiger partial charge in [0.25, 0.3) is 0 Å². The van der Waals surface area contributed by atoms with Crippen LogP contribution in [0.3, 0.4) is 0 Å². The summed E-state index contributed by atoms with van der Waals surface area (Å²) in [7, 11) is 0. The molecule has 0 bridgehead atoms. The van der Waals surface area contributed by atoms with E-state index in [4.69, 9.17) is 4.52 Å². The Kier molecular flexibility index (Phi) is 3.27. The van der Waals surface area contributed by atoms with Crippen molar-refractivity contribution in [2.45, 2.75) is 13.5 Å². The van der Waals surface area contributed by atoms with Crippen LogP contribution >= 0.6 is 0 Å². The number of nitrogens with one attached hydrogen (secondary N) is 1. The van der Waals surface area contributed by atoms with Gasteiger partial charge in [0, 0.05) is 11.8 Å². The van der Waals surface area contributed by atoms with Crippen LogP contribution < -0.4 is 5.76 Å². The van der Waals surface area contributed by atoms with Gasteiger partial charge in [-0.15, -0.1) is 0 Å². The number of aryl methyl sites for hydroxylation is 1. The van der Waals surface area contributed by atoms with Gasteiger partial charge in [-0.25, -0.2) is 9.36 Å². The highest BCUT2D eigenvalue weighted by Gasteiger charge is 2.18. The largest absolute Gasteiger partial charge is 0.442 e. The van der Waals surface area contributed by atoms with Crippen molar-refractivity contribution in [2.24, 2.45) is 0 Å². The average molecular weight is 283 g/mol. The molecule has 0 aliphatic heterocycles. The molecule has 0 amide bonds. The molecule has 6 nitrogen and oxygen atoms in total. The summed E-state index contributed by atoms with van der Waals surface area (Å²) in [5.74, 6) is -0.494. The molecule has 2 aromatic heterocycles. The van der Waals surface area contributed by atoms with Gasteiger partial charge in [0.05, 0.1) is 12.2 Å². The Bertz CT molecular complexity index is 828. The second-order valence-electron chi connectivity index (χ2n) is 4.68. The Morgan fingerprint density at radius 3 is 2.81 bits per heavy atom. The van der Waals surface area contributed by atoms with E-state index in [0.717, 1.165) is 11.1 Å². The highest BCUT2D eigenvalue weighted by molar-refractivity contribution is 5.94. The Hall–Kier alpha value is -2.89. The number of aromatic amines is 1. The van der Waals surface area contributed by atoms with E-state index < -0.39 is 5.76 Å². The molecule has 1 N–H and O–H groups in total. The Morgan fingerprint density at radius 1 is 1.29 bits per heavy atom. The molecule has 0 aliphatic rings. The number of benzene rings is 1. The molecule has 3 rings (SSSR count). The van der Waals surface area contributed by atoms with Crippen LogP contribution in [-0.2, 0) is 6.54 Å². The number of hydrogen-bond acceptors (Lipinski definition) is 4. The lowest BCUT2D eigenvalue weighted by atomic mass is 10.1. The maximum atomic E-state index is 12.1. The van der Waals surface area contributed by atoms with Crippen molar-refractivity contribution < 1.29 is 9.32 Å². The van der Waals surface area contributed by atoms with Gasteiger partial charge in [0.15, 0.2) is 11.6 Å². The van der Waals surface area contributed by atoms with Gasteiger partial charge < -0.3 is 4.98 Å². The summed E-state index contributed by atoms with van der Waals surface area (Å²) in [6.07, 6.45) is 1.66. The standard InChI is InChI=1S/C15H13N3O3/c1-10-5-2-3-6-11(10)14-17-21-15(20)18(14)9-13(19)12-7-4-8-16-12/h2-8,16H,9H2,1H3. The van der Waals surface area contributed by atoms with Crippen LogP contribution in [0.1, 0.15) is 16.1 Å². The predicted molar refractivity (Wildman–Crippen MR) is 76.1 cm³/mol. The number of H-pyrrole nitrogens is 1. The normalized spacial score (nSPS) is 10.7. The van der Waals surface area contributed by atoms with Crippen LogP contribution in [0.15, 0.2) is 51.9 Å². The number of carbonyl (C=O) groups is 1. The van der Waals surface area contributed by atoms with E-state index in [1.165, 1.54) is 4.57 Å². The molecule has 0 spiro atoms. The van der Waals surface area contributed by atoms with Gasteiger partial charge in [-0.3, -0.25) is 9.32 Å². The highest BCUT2D eigenvalue weighted by Crippen LogP contribution is 2.20. The molecule has 21 heavy (non-hydrogen) atoms. The smallest absolute Gasteiger partial charge is 0.359 e. The molecule has 0 unspecified atom stereocenters. The predicted octanol–water partition coefficient (Wildman–Crippen LogP) is 2.02. The number of rotatable bonds is 4. The third-order valence-corrected chi connectivity index (χ3v) is 3.27. The van der Waals surface area contributed by atoms with E-state index in [1.54, 1.807) is 18.3 Å². The minimum Gasteiger partial charge on any atom is -0.359 e. The molecule has 0 saturated carbocycles. The topological polar surface area (TPSA) is 80.9 Å². The first-order chi connectivity index (χ1) is 10.2. The van der Waals surface area contributed by atoms with Crippen LogP contribution in [0.4, 0.5) is 0 Å². The molecular formula is C15H13N3O3. The minimum absolute atomic E-state index is 0.119. The van der Waals surface area contributed by atoms with Crippen LogP contribution in [0.5, 0.6) is 0 Å². The molecule has 106 valence electrons. The summed E-state index contributed by atoms with van der Waals surface area (Å²) >= 11 is 0. The molecule has 0 fully saturated rings. The van der Waals surface area contributed by atoms with Crippen LogP contribution in [0, 0.1) is 6.92 Å². The van der Waals surface area contributed by atoms with E-state index in [-0.39, 0.29) is 12.3 Å². The number of Topliss-reactive ketones (excluding diaryl/α,β-unsaturated/α-hetero) is 1. The summed E-state index contributed by atoms with van der Waals surface area (Å²) in [6.45, 7) is 1.79. The van der Waals surface area contributed by atoms with Crippen LogP contribution in [-0.4, -0.2) is 20.5 Å².